The molecule has 1 atom stereocenters. The van der Waals surface area contributed by atoms with E-state index in [1.54, 1.807) is 6.92 Å². The Balaban J connectivity index is 2.13. The number of aromatic nitrogens is 2. The number of fused-ring (bicyclic) bond motifs is 1. The number of hydrogen-bond donors (Lipinski definition) is 2. The number of rotatable bonds is 3. The number of carbonyl (C=O) groups is 2. The van der Waals surface area contributed by atoms with Crippen LogP contribution in [0.2, 0.25) is 0 Å². The lowest BCUT2D eigenvalue weighted by molar-refractivity contribution is -0.120. The molecule has 3 rings (SSSR count). The molecule has 1 aromatic heterocycles. The molecule has 0 saturated carbocycles. The zero-order chi connectivity index (χ0) is 17.3. The van der Waals surface area contributed by atoms with Gasteiger partial charge in [-0.15, -0.1) is 0 Å². The zero-order valence-electron chi connectivity index (χ0n) is 13.9. The maximum absolute atomic E-state index is 12.5. The summed E-state index contributed by atoms with van der Waals surface area (Å²) in [6.07, 6.45) is 1.99. The lowest BCUT2D eigenvalue weighted by atomic mass is 10.0. The van der Waals surface area contributed by atoms with Crippen LogP contribution in [0.4, 0.5) is 5.95 Å². The van der Waals surface area contributed by atoms with Crippen molar-refractivity contribution in [3.63, 3.8) is 0 Å². The Bertz CT molecular complexity index is 857. The van der Waals surface area contributed by atoms with E-state index in [1.165, 1.54) is 0 Å². The second kappa shape index (κ2) is 6.54. The van der Waals surface area contributed by atoms with E-state index in [-0.39, 0.29) is 22.7 Å². The maximum Gasteiger partial charge on any atom is 0.262 e. The number of piperidine rings is 1. The molecule has 1 fully saturated rings. The molecule has 0 aliphatic carbocycles. The number of H-pyrrole nitrogens is 1. The van der Waals surface area contributed by atoms with Crippen molar-refractivity contribution in [2.75, 3.05) is 24.5 Å². The van der Waals surface area contributed by atoms with Gasteiger partial charge >= 0.3 is 0 Å². The first-order chi connectivity index (χ1) is 11.5. The molecule has 1 unspecified atom stereocenters. The molecule has 2 N–H and O–H groups in total. The maximum atomic E-state index is 12.5. The van der Waals surface area contributed by atoms with Crippen LogP contribution in [0.15, 0.2) is 9.79 Å². The van der Waals surface area contributed by atoms with E-state index >= 15 is 0 Å². The summed E-state index contributed by atoms with van der Waals surface area (Å²) in [6.45, 7) is 5.93. The molecule has 0 bridgehead atoms. The zero-order valence-corrected chi connectivity index (χ0v) is 13.9. The topological polar surface area (TPSA) is 108 Å². The molecule has 1 aromatic rings. The number of amides is 2. The van der Waals surface area contributed by atoms with Crippen LogP contribution in [0.1, 0.15) is 33.1 Å². The number of aromatic amines is 1. The van der Waals surface area contributed by atoms with Crippen LogP contribution >= 0.6 is 0 Å². The minimum absolute atomic E-state index is 0.0458. The molecule has 1 saturated heterocycles. The quantitative estimate of drug-likeness (QED) is 0.727. The first-order valence-electron chi connectivity index (χ1n) is 8.27. The van der Waals surface area contributed by atoms with Gasteiger partial charge in [0.2, 0.25) is 11.9 Å². The second-order valence-electron chi connectivity index (χ2n) is 6.30. The lowest BCUT2D eigenvalue weighted by Crippen LogP contribution is -2.51. The molecule has 0 spiro atoms. The molecule has 2 amide bonds. The summed E-state index contributed by atoms with van der Waals surface area (Å²) in [5.41, 5.74) is -0.241. The Labute approximate surface area is 138 Å². The number of nitrogens with zero attached hydrogens (tertiary/aromatic N) is 3. The third-order valence-corrected chi connectivity index (χ3v) is 4.32. The van der Waals surface area contributed by atoms with E-state index in [4.69, 9.17) is 0 Å². The van der Waals surface area contributed by atoms with Crippen molar-refractivity contribution < 1.29 is 9.59 Å². The predicted octanol–water partition coefficient (Wildman–Crippen LogP) is -1.16. The SMILES string of the molecule is CCNC(=O)C1=c2c(nc(N3CCCC(C)C3)[nH]c2=O)=NC(=O)C1. The van der Waals surface area contributed by atoms with Gasteiger partial charge in [-0.1, -0.05) is 6.92 Å². The van der Waals surface area contributed by atoms with Crippen LogP contribution < -0.4 is 26.5 Å². The summed E-state index contributed by atoms with van der Waals surface area (Å²) in [5.74, 6) is 0.0450. The van der Waals surface area contributed by atoms with E-state index < -0.39 is 17.4 Å². The number of hydrogen-bond acceptors (Lipinski definition) is 5. The molecule has 3 heterocycles. The summed E-state index contributed by atoms with van der Waals surface area (Å²) in [7, 11) is 0. The predicted molar refractivity (Wildman–Crippen MR) is 88.0 cm³/mol. The van der Waals surface area contributed by atoms with Gasteiger partial charge < -0.3 is 10.2 Å². The minimum atomic E-state index is -0.459. The van der Waals surface area contributed by atoms with E-state index in [9.17, 15) is 14.4 Å². The Hall–Kier alpha value is -2.51. The fraction of sp³-hybridized carbons (Fsp3) is 0.562. The molecule has 0 aromatic carbocycles. The Kier molecular flexibility index (Phi) is 4.46. The van der Waals surface area contributed by atoms with Gasteiger partial charge in [0.25, 0.3) is 11.5 Å². The van der Waals surface area contributed by atoms with Crippen molar-refractivity contribution in [3.8, 4) is 0 Å². The van der Waals surface area contributed by atoms with Crippen molar-refractivity contribution >= 4 is 23.3 Å². The molecule has 8 nitrogen and oxygen atoms in total. The monoisotopic (exact) mass is 331 g/mol. The fourth-order valence-electron chi connectivity index (χ4n) is 3.19. The fourth-order valence-corrected chi connectivity index (χ4v) is 3.19. The summed E-state index contributed by atoms with van der Waals surface area (Å²) in [5, 5.41) is 2.73. The summed E-state index contributed by atoms with van der Waals surface area (Å²) < 4.78 is 0. The van der Waals surface area contributed by atoms with Crippen LogP contribution in [0.3, 0.4) is 0 Å². The highest BCUT2D eigenvalue weighted by molar-refractivity contribution is 6.17. The van der Waals surface area contributed by atoms with Gasteiger partial charge in [0.05, 0.1) is 11.6 Å². The Morgan fingerprint density at radius 2 is 2.21 bits per heavy atom. The molecular formula is C16H21N5O3. The van der Waals surface area contributed by atoms with Crippen LogP contribution in [-0.4, -0.2) is 41.4 Å². The van der Waals surface area contributed by atoms with Crippen molar-refractivity contribution in [1.29, 1.82) is 0 Å². The van der Waals surface area contributed by atoms with Gasteiger partial charge in [0.15, 0.2) is 5.49 Å². The normalized spacial score (nSPS) is 20.4. The van der Waals surface area contributed by atoms with Gasteiger partial charge in [-0.25, -0.2) is 0 Å². The third kappa shape index (κ3) is 3.08. The van der Waals surface area contributed by atoms with Crippen LogP contribution in [-0.2, 0) is 9.59 Å². The van der Waals surface area contributed by atoms with E-state index in [0.29, 0.717) is 18.4 Å². The Morgan fingerprint density at radius 1 is 1.42 bits per heavy atom. The van der Waals surface area contributed by atoms with Gasteiger partial charge in [0.1, 0.15) is 0 Å². The second-order valence-corrected chi connectivity index (χ2v) is 6.30. The average Bonchev–Trinajstić information content (AvgIpc) is 2.53. The highest BCUT2D eigenvalue weighted by Crippen LogP contribution is 2.18. The van der Waals surface area contributed by atoms with Gasteiger partial charge in [0, 0.05) is 25.2 Å². The molecule has 128 valence electrons. The average molecular weight is 331 g/mol. The van der Waals surface area contributed by atoms with E-state index in [2.05, 4.69) is 27.2 Å². The Morgan fingerprint density at radius 3 is 2.92 bits per heavy atom. The van der Waals surface area contributed by atoms with Crippen molar-refractivity contribution in [1.82, 2.24) is 15.3 Å². The molecular weight excluding hydrogens is 310 g/mol. The third-order valence-electron chi connectivity index (χ3n) is 4.32. The van der Waals surface area contributed by atoms with Gasteiger partial charge in [-0.3, -0.25) is 19.4 Å². The van der Waals surface area contributed by atoms with Crippen molar-refractivity contribution in [2.45, 2.75) is 33.1 Å². The van der Waals surface area contributed by atoms with Gasteiger partial charge in [-0.05, 0) is 25.7 Å². The molecule has 2 aliphatic heterocycles. The highest BCUT2D eigenvalue weighted by Gasteiger charge is 2.24. The van der Waals surface area contributed by atoms with Crippen molar-refractivity contribution in [2.24, 2.45) is 10.9 Å². The van der Waals surface area contributed by atoms with Crippen LogP contribution in [0.5, 0.6) is 0 Å². The molecule has 2 aliphatic rings. The van der Waals surface area contributed by atoms with Crippen LogP contribution in [0, 0.1) is 5.92 Å². The number of anilines is 1. The number of nitrogens with one attached hydrogen (secondary N) is 2. The summed E-state index contributed by atoms with van der Waals surface area (Å²) in [4.78, 5) is 49.5. The van der Waals surface area contributed by atoms with Gasteiger partial charge in [-0.2, -0.15) is 9.98 Å². The smallest absolute Gasteiger partial charge is 0.262 e. The first kappa shape index (κ1) is 16.4. The molecule has 8 heteroatoms. The number of carbonyl (C=O) groups excluding carboxylic acids is 2. The minimum Gasteiger partial charge on any atom is -0.353 e. The van der Waals surface area contributed by atoms with Crippen LogP contribution in [0.25, 0.3) is 5.57 Å². The standard InChI is InChI=1S/C16H21N5O3/c1-3-17-14(23)10-7-11(22)18-13-12(10)15(24)20-16(19-13)21-6-4-5-9(2)8-21/h9H,3-8H2,1-2H3,(H,17,23)(H,18,19,20,22,24). The first-order valence-corrected chi connectivity index (χ1v) is 8.27. The summed E-state index contributed by atoms with van der Waals surface area (Å²) in [6, 6.07) is 0. The lowest BCUT2D eigenvalue weighted by Gasteiger charge is -2.31. The van der Waals surface area contributed by atoms with Crippen molar-refractivity contribution in [3.05, 3.63) is 21.1 Å². The molecule has 24 heavy (non-hydrogen) atoms. The summed E-state index contributed by atoms with van der Waals surface area (Å²) >= 11 is 0. The largest absolute Gasteiger partial charge is 0.353 e. The van der Waals surface area contributed by atoms with E-state index in [1.807, 2.05) is 4.90 Å². The highest BCUT2D eigenvalue weighted by atomic mass is 16.2. The molecule has 0 radical (unpaired) electrons. The van der Waals surface area contributed by atoms with E-state index in [0.717, 1.165) is 25.9 Å².